The minimum Gasteiger partial charge on any atom is -0.444 e. The van der Waals surface area contributed by atoms with Crippen LogP contribution in [0.3, 0.4) is 0 Å². The van der Waals surface area contributed by atoms with Gasteiger partial charge in [-0.15, -0.1) is 16.4 Å². The summed E-state index contributed by atoms with van der Waals surface area (Å²) in [5, 5.41) is 13.7. The molecule has 2 N–H and O–H groups in total. The van der Waals surface area contributed by atoms with E-state index >= 15 is 0 Å². The van der Waals surface area contributed by atoms with Gasteiger partial charge in [0.2, 0.25) is 0 Å². The number of aryl methyl sites for hydroxylation is 1. The molecule has 0 aliphatic heterocycles. The van der Waals surface area contributed by atoms with E-state index in [-0.39, 0.29) is 11.9 Å². The predicted molar refractivity (Wildman–Crippen MR) is 126 cm³/mol. The second-order valence-corrected chi connectivity index (χ2v) is 11.0. The van der Waals surface area contributed by atoms with E-state index in [1.54, 1.807) is 24.0 Å². The maximum Gasteiger partial charge on any atom is 0.407 e. The molecule has 1 atom stereocenters. The van der Waals surface area contributed by atoms with Crippen molar-refractivity contribution in [2.45, 2.75) is 70.9 Å². The molecule has 2 heterocycles. The van der Waals surface area contributed by atoms with Crippen LogP contribution in [0.4, 0.5) is 4.79 Å². The minimum absolute atomic E-state index is 0.194. The fourth-order valence-corrected chi connectivity index (χ4v) is 5.18. The SMILES string of the molecule is Cn1nncc1-c1cc(C(=O)N[C@H](CNC(=O)OC(C)(C)C)CC2CCCCC2)sc1Cl. The highest BCUT2D eigenvalue weighted by molar-refractivity contribution is 7.18. The van der Waals surface area contributed by atoms with Gasteiger partial charge in [0.1, 0.15) is 9.94 Å². The molecule has 1 aliphatic carbocycles. The number of carbonyl (C=O) groups is 2. The third kappa shape index (κ3) is 6.93. The van der Waals surface area contributed by atoms with Crippen LogP contribution in [0, 0.1) is 5.92 Å². The first kappa shape index (κ1) is 24.5. The summed E-state index contributed by atoms with van der Waals surface area (Å²) in [4.78, 5) is 25.7. The average molecular weight is 482 g/mol. The molecule has 1 saturated carbocycles. The van der Waals surface area contributed by atoms with Crippen molar-refractivity contribution in [2.75, 3.05) is 6.54 Å². The summed E-state index contributed by atoms with van der Waals surface area (Å²) in [6, 6.07) is 1.57. The lowest BCUT2D eigenvalue weighted by Gasteiger charge is -2.28. The molecule has 0 aromatic carbocycles. The van der Waals surface area contributed by atoms with E-state index in [1.165, 1.54) is 30.6 Å². The Kier molecular flexibility index (Phi) is 8.16. The average Bonchev–Trinajstić information content (AvgIpc) is 3.30. The molecule has 2 aromatic heterocycles. The molecule has 0 saturated heterocycles. The number of rotatable bonds is 7. The standard InChI is InChI=1S/C22H32ClN5O3S/c1-22(2,3)31-21(30)24-12-15(10-14-8-6-5-7-9-14)26-20(29)18-11-16(19(23)32-18)17-13-25-27-28(17)4/h11,13-15H,5-10,12H2,1-4H3,(H,24,30)(H,26,29)/t15-/m0/s1. The summed E-state index contributed by atoms with van der Waals surface area (Å²) >= 11 is 7.63. The van der Waals surface area contributed by atoms with Gasteiger partial charge < -0.3 is 15.4 Å². The van der Waals surface area contributed by atoms with Gasteiger partial charge in [0.05, 0.1) is 16.8 Å². The molecule has 0 radical (unpaired) electrons. The number of nitrogens with zero attached hydrogens (tertiary/aromatic N) is 3. The molecule has 0 bridgehead atoms. The van der Waals surface area contributed by atoms with Gasteiger partial charge in [-0.3, -0.25) is 4.79 Å². The minimum atomic E-state index is -0.572. The first-order valence-corrected chi connectivity index (χ1v) is 12.2. The Labute approximate surface area is 198 Å². The van der Waals surface area contributed by atoms with Crippen molar-refractivity contribution >= 4 is 34.9 Å². The number of halogens is 1. The van der Waals surface area contributed by atoms with Crippen molar-refractivity contribution in [2.24, 2.45) is 13.0 Å². The Morgan fingerprint density at radius 1 is 1.31 bits per heavy atom. The number of hydrogen-bond donors (Lipinski definition) is 2. The maximum absolute atomic E-state index is 13.0. The molecule has 176 valence electrons. The lowest BCUT2D eigenvalue weighted by molar-refractivity contribution is 0.0517. The Hall–Kier alpha value is -2.13. The number of nitrogens with one attached hydrogen (secondary N) is 2. The van der Waals surface area contributed by atoms with E-state index < -0.39 is 11.7 Å². The van der Waals surface area contributed by atoms with Gasteiger partial charge in [0.25, 0.3) is 5.91 Å². The van der Waals surface area contributed by atoms with Gasteiger partial charge in [-0.05, 0) is 39.2 Å². The topological polar surface area (TPSA) is 98.1 Å². The molecular formula is C22H32ClN5O3S. The zero-order chi connectivity index (χ0) is 23.3. The number of aromatic nitrogens is 3. The van der Waals surface area contributed by atoms with Crippen molar-refractivity contribution in [3.05, 3.63) is 21.5 Å². The number of hydrogen-bond acceptors (Lipinski definition) is 6. The zero-order valence-electron chi connectivity index (χ0n) is 19.1. The van der Waals surface area contributed by atoms with Gasteiger partial charge in [-0.25, -0.2) is 9.48 Å². The highest BCUT2D eigenvalue weighted by Crippen LogP contribution is 2.35. The Bertz CT molecular complexity index is 930. The molecule has 1 aliphatic rings. The summed E-state index contributed by atoms with van der Waals surface area (Å²) < 4.78 is 7.47. The maximum atomic E-state index is 13.0. The third-order valence-corrected chi connectivity index (χ3v) is 6.83. The highest BCUT2D eigenvalue weighted by Gasteiger charge is 2.24. The molecule has 0 unspecified atom stereocenters. The van der Waals surface area contributed by atoms with Crippen molar-refractivity contribution in [1.29, 1.82) is 0 Å². The van der Waals surface area contributed by atoms with Gasteiger partial charge >= 0.3 is 6.09 Å². The molecule has 0 spiro atoms. The second kappa shape index (κ2) is 10.7. The Morgan fingerprint density at radius 3 is 2.66 bits per heavy atom. The lowest BCUT2D eigenvalue weighted by Crippen LogP contribution is -2.45. The molecule has 8 nitrogen and oxygen atoms in total. The fourth-order valence-electron chi connectivity index (χ4n) is 3.98. The van der Waals surface area contributed by atoms with Crippen LogP contribution >= 0.6 is 22.9 Å². The summed E-state index contributed by atoms with van der Waals surface area (Å²) in [6.45, 7) is 5.78. The summed E-state index contributed by atoms with van der Waals surface area (Å²) in [5.74, 6) is 0.336. The van der Waals surface area contributed by atoms with Crippen LogP contribution in [0.2, 0.25) is 4.34 Å². The van der Waals surface area contributed by atoms with Gasteiger partial charge in [0, 0.05) is 25.2 Å². The van der Waals surface area contributed by atoms with Crippen molar-refractivity contribution < 1.29 is 14.3 Å². The number of amides is 2. The van der Waals surface area contributed by atoms with Crippen LogP contribution < -0.4 is 10.6 Å². The van der Waals surface area contributed by atoms with Gasteiger partial charge in [0.15, 0.2) is 0 Å². The fraction of sp³-hybridized carbons (Fsp3) is 0.636. The van der Waals surface area contributed by atoms with Crippen LogP contribution in [0.15, 0.2) is 12.3 Å². The van der Waals surface area contributed by atoms with Crippen molar-refractivity contribution in [3.8, 4) is 11.3 Å². The monoisotopic (exact) mass is 481 g/mol. The first-order chi connectivity index (χ1) is 15.1. The number of carbonyl (C=O) groups excluding carboxylic acids is 2. The largest absolute Gasteiger partial charge is 0.444 e. The molecule has 2 aromatic rings. The van der Waals surface area contributed by atoms with Crippen LogP contribution in [0.25, 0.3) is 11.3 Å². The molecule has 1 fully saturated rings. The van der Waals surface area contributed by atoms with Crippen molar-refractivity contribution in [1.82, 2.24) is 25.6 Å². The van der Waals surface area contributed by atoms with E-state index in [0.717, 1.165) is 30.5 Å². The summed E-state index contributed by atoms with van der Waals surface area (Å²) in [7, 11) is 1.78. The summed E-state index contributed by atoms with van der Waals surface area (Å²) in [6.07, 6.45) is 7.96. The number of alkyl carbamates (subject to hydrolysis) is 1. The number of thiophene rings is 1. The first-order valence-electron chi connectivity index (χ1n) is 11.0. The molecular weight excluding hydrogens is 450 g/mol. The van der Waals surface area contributed by atoms with Gasteiger partial charge in [-0.2, -0.15) is 0 Å². The second-order valence-electron chi connectivity index (χ2n) is 9.33. The predicted octanol–water partition coefficient (Wildman–Crippen LogP) is 4.79. The van der Waals surface area contributed by atoms with E-state index in [2.05, 4.69) is 20.9 Å². The lowest BCUT2D eigenvalue weighted by atomic mass is 9.85. The van der Waals surface area contributed by atoms with Crippen molar-refractivity contribution in [3.63, 3.8) is 0 Å². The van der Waals surface area contributed by atoms with Gasteiger partial charge in [-0.1, -0.05) is 48.9 Å². The zero-order valence-corrected chi connectivity index (χ0v) is 20.7. The summed E-state index contributed by atoms with van der Waals surface area (Å²) in [5.41, 5.74) is 0.900. The normalized spacial score (nSPS) is 15.9. The van der Waals surface area contributed by atoms with E-state index in [1.807, 2.05) is 20.8 Å². The van der Waals surface area contributed by atoms with E-state index in [9.17, 15) is 9.59 Å². The quantitative estimate of drug-likeness (QED) is 0.592. The molecule has 32 heavy (non-hydrogen) atoms. The third-order valence-electron chi connectivity index (χ3n) is 5.47. The molecule has 3 rings (SSSR count). The number of ether oxygens (including phenoxy) is 1. The Balaban J connectivity index is 1.68. The van der Waals surface area contributed by atoms with E-state index in [0.29, 0.717) is 21.7 Å². The highest BCUT2D eigenvalue weighted by atomic mass is 35.5. The molecule has 2 amide bonds. The van der Waals surface area contributed by atoms with Crippen LogP contribution in [-0.2, 0) is 11.8 Å². The van der Waals surface area contributed by atoms with Crippen LogP contribution in [0.1, 0.15) is 69.0 Å². The molecule has 10 heteroatoms. The Morgan fingerprint density at radius 2 is 2.03 bits per heavy atom. The van der Waals surface area contributed by atoms with Crippen LogP contribution in [-0.4, -0.2) is 45.2 Å². The van der Waals surface area contributed by atoms with E-state index in [4.69, 9.17) is 16.3 Å². The van der Waals surface area contributed by atoms with Crippen LogP contribution in [0.5, 0.6) is 0 Å². The smallest absolute Gasteiger partial charge is 0.407 e.